The van der Waals surface area contributed by atoms with Gasteiger partial charge in [0.05, 0.1) is 12.2 Å². The van der Waals surface area contributed by atoms with Crippen LogP contribution in [-0.4, -0.2) is 45.4 Å². The van der Waals surface area contributed by atoms with E-state index in [4.69, 9.17) is 18.9 Å². The second-order valence-electron chi connectivity index (χ2n) is 4.46. The van der Waals surface area contributed by atoms with Gasteiger partial charge >= 0.3 is 0 Å². The molecule has 4 nitrogen and oxygen atoms in total. The van der Waals surface area contributed by atoms with Crippen LogP contribution in [0.3, 0.4) is 0 Å². The molecule has 0 atom stereocenters. The predicted octanol–water partition coefficient (Wildman–Crippen LogP) is 2.61. The molecule has 0 aromatic rings. The van der Waals surface area contributed by atoms with E-state index in [1.54, 1.807) is 7.11 Å². The number of hydrogen-bond donors (Lipinski definition) is 0. The van der Waals surface area contributed by atoms with Crippen molar-refractivity contribution in [2.24, 2.45) is 0 Å². The van der Waals surface area contributed by atoms with Crippen LogP contribution in [-0.2, 0) is 18.9 Å². The first-order chi connectivity index (χ1) is 8.05. The van der Waals surface area contributed by atoms with Crippen LogP contribution in [0, 0.1) is 0 Å². The average Bonchev–Trinajstić information content (AvgIpc) is 2.29. The van der Waals surface area contributed by atoms with Crippen LogP contribution in [0.15, 0.2) is 0 Å². The lowest BCUT2D eigenvalue weighted by Crippen LogP contribution is -2.25. The Labute approximate surface area is 106 Å². The summed E-state index contributed by atoms with van der Waals surface area (Å²) in [5.41, 5.74) is -0.112. The van der Waals surface area contributed by atoms with Crippen molar-refractivity contribution in [3.63, 3.8) is 0 Å². The van der Waals surface area contributed by atoms with Crippen molar-refractivity contribution in [3.05, 3.63) is 0 Å². The second kappa shape index (κ2) is 9.83. The Morgan fingerprint density at radius 2 is 1.59 bits per heavy atom. The zero-order chi connectivity index (χ0) is 13.1. The molecule has 0 heterocycles. The minimum absolute atomic E-state index is 0.112. The van der Waals surface area contributed by atoms with Gasteiger partial charge in [-0.15, -0.1) is 0 Å². The first kappa shape index (κ1) is 16.8. The highest BCUT2D eigenvalue weighted by Crippen LogP contribution is 2.12. The Kier molecular flexibility index (Phi) is 9.74. The predicted molar refractivity (Wildman–Crippen MR) is 68.2 cm³/mol. The molecule has 17 heavy (non-hydrogen) atoms. The van der Waals surface area contributed by atoms with E-state index in [1.807, 2.05) is 13.8 Å². The van der Waals surface area contributed by atoms with Gasteiger partial charge in [0.1, 0.15) is 0 Å². The van der Waals surface area contributed by atoms with Crippen LogP contribution in [0.25, 0.3) is 0 Å². The Morgan fingerprint density at radius 1 is 1.00 bits per heavy atom. The van der Waals surface area contributed by atoms with Crippen LogP contribution in [0.4, 0.5) is 0 Å². The van der Waals surface area contributed by atoms with E-state index in [-0.39, 0.29) is 11.9 Å². The topological polar surface area (TPSA) is 36.9 Å². The fraction of sp³-hybridized carbons (Fsp3) is 1.00. The summed E-state index contributed by atoms with van der Waals surface area (Å²) in [6.45, 7) is 10.7. The number of rotatable bonds is 11. The van der Waals surface area contributed by atoms with Gasteiger partial charge in [0.25, 0.3) is 0 Å². The van der Waals surface area contributed by atoms with Crippen LogP contribution in [0.1, 0.15) is 40.5 Å². The van der Waals surface area contributed by atoms with Crippen LogP contribution < -0.4 is 0 Å². The molecule has 0 N–H and O–H groups in total. The van der Waals surface area contributed by atoms with Crippen molar-refractivity contribution in [3.8, 4) is 0 Å². The average molecular weight is 248 g/mol. The quantitative estimate of drug-likeness (QED) is 0.416. The molecule has 0 aliphatic carbocycles. The highest BCUT2D eigenvalue weighted by molar-refractivity contribution is 4.66. The van der Waals surface area contributed by atoms with Crippen molar-refractivity contribution in [2.45, 2.75) is 52.4 Å². The van der Waals surface area contributed by atoms with E-state index in [0.717, 1.165) is 12.8 Å². The summed E-state index contributed by atoms with van der Waals surface area (Å²) in [5.74, 6) is 0. The minimum atomic E-state index is -0.138. The third-order valence-corrected chi connectivity index (χ3v) is 2.60. The first-order valence-corrected chi connectivity index (χ1v) is 6.41. The Morgan fingerprint density at radius 3 is 2.06 bits per heavy atom. The van der Waals surface area contributed by atoms with Crippen molar-refractivity contribution in [1.82, 2.24) is 0 Å². The molecule has 0 aromatic heterocycles. The normalized spacial score (nSPS) is 12.4. The lowest BCUT2D eigenvalue weighted by Gasteiger charge is -2.22. The van der Waals surface area contributed by atoms with E-state index >= 15 is 0 Å². The molecule has 104 valence electrons. The van der Waals surface area contributed by atoms with Crippen LogP contribution >= 0.6 is 0 Å². The maximum absolute atomic E-state index is 5.55. The molecule has 0 spiro atoms. The Bertz CT molecular complexity index is 165. The summed E-state index contributed by atoms with van der Waals surface area (Å²) in [7, 11) is 1.72. The van der Waals surface area contributed by atoms with E-state index in [2.05, 4.69) is 13.8 Å². The maximum atomic E-state index is 5.55. The second-order valence-corrected chi connectivity index (χ2v) is 4.46. The summed E-state index contributed by atoms with van der Waals surface area (Å²) >= 11 is 0. The standard InChI is InChI=1S/C13H28O4/c1-6-16-12(17-7-2)8-10-15-11-9-13(3,4)14-5/h12H,6-11H2,1-5H3. The zero-order valence-corrected chi connectivity index (χ0v) is 12.0. The SMILES string of the molecule is CCOC(CCOCCC(C)(C)OC)OCC. The number of hydrogen-bond acceptors (Lipinski definition) is 4. The Balaban J connectivity index is 3.54. The summed E-state index contributed by atoms with van der Waals surface area (Å²) in [6.07, 6.45) is 1.52. The molecular formula is C13H28O4. The zero-order valence-electron chi connectivity index (χ0n) is 12.0. The van der Waals surface area contributed by atoms with Gasteiger partial charge in [-0.2, -0.15) is 0 Å². The molecule has 0 aliphatic rings. The highest BCUT2D eigenvalue weighted by Gasteiger charge is 2.15. The van der Waals surface area contributed by atoms with Gasteiger partial charge in [-0.25, -0.2) is 0 Å². The van der Waals surface area contributed by atoms with Gasteiger partial charge in [0, 0.05) is 33.4 Å². The van der Waals surface area contributed by atoms with E-state index in [1.165, 1.54) is 0 Å². The molecule has 0 aliphatic heterocycles. The summed E-state index contributed by atoms with van der Waals surface area (Å²) in [5, 5.41) is 0. The molecule has 0 unspecified atom stereocenters. The third kappa shape index (κ3) is 9.53. The summed E-state index contributed by atoms with van der Waals surface area (Å²) < 4.78 is 21.7. The van der Waals surface area contributed by atoms with Crippen LogP contribution in [0.2, 0.25) is 0 Å². The number of methoxy groups -OCH3 is 1. The summed E-state index contributed by atoms with van der Waals surface area (Å²) in [6, 6.07) is 0. The van der Waals surface area contributed by atoms with Gasteiger partial charge in [-0.3, -0.25) is 0 Å². The maximum Gasteiger partial charge on any atom is 0.159 e. The van der Waals surface area contributed by atoms with Gasteiger partial charge in [-0.1, -0.05) is 0 Å². The molecule has 0 saturated carbocycles. The molecule has 0 radical (unpaired) electrons. The van der Waals surface area contributed by atoms with Crippen molar-refractivity contribution >= 4 is 0 Å². The monoisotopic (exact) mass is 248 g/mol. The first-order valence-electron chi connectivity index (χ1n) is 6.41. The molecule has 0 bridgehead atoms. The largest absolute Gasteiger partial charge is 0.381 e. The lowest BCUT2D eigenvalue weighted by atomic mass is 10.1. The molecule has 0 rings (SSSR count). The van der Waals surface area contributed by atoms with E-state index < -0.39 is 0 Å². The smallest absolute Gasteiger partial charge is 0.159 e. The molecule has 0 saturated heterocycles. The fourth-order valence-corrected chi connectivity index (χ4v) is 1.29. The Hall–Kier alpha value is -0.160. The van der Waals surface area contributed by atoms with Crippen molar-refractivity contribution in [1.29, 1.82) is 0 Å². The van der Waals surface area contributed by atoms with Crippen molar-refractivity contribution < 1.29 is 18.9 Å². The minimum Gasteiger partial charge on any atom is -0.381 e. The molecule has 4 heteroatoms. The number of ether oxygens (including phenoxy) is 4. The lowest BCUT2D eigenvalue weighted by molar-refractivity contribution is -0.147. The van der Waals surface area contributed by atoms with E-state index in [9.17, 15) is 0 Å². The van der Waals surface area contributed by atoms with Gasteiger partial charge in [0.15, 0.2) is 6.29 Å². The highest BCUT2D eigenvalue weighted by atomic mass is 16.7. The van der Waals surface area contributed by atoms with Crippen molar-refractivity contribution in [2.75, 3.05) is 33.5 Å². The molecule has 0 fully saturated rings. The molecule has 0 amide bonds. The molecule has 0 aromatic carbocycles. The van der Waals surface area contributed by atoms with Crippen LogP contribution in [0.5, 0.6) is 0 Å². The van der Waals surface area contributed by atoms with Gasteiger partial charge in [0.2, 0.25) is 0 Å². The third-order valence-electron chi connectivity index (χ3n) is 2.60. The fourth-order valence-electron chi connectivity index (χ4n) is 1.29. The van der Waals surface area contributed by atoms with E-state index in [0.29, 0.717) is 26.4 Å². The van der Waals surface area contributed by atoms with Gasteiger partial charge in [-0.05, 0) is 34.1 Å². The summed E-state index contributed by atoms with van der Waals surface area (Å²) in [4.78, 5) is 0. The molecular weight excluding hydrogens is 220 g/mol. The van der Waals surface area contributed by atoms with Gasteiger partial charge < -0.3 is 18.9 Å².